The molecule has 0 aromatic carbocycles. The van der Waals surface area contributed by atoms with Crippen LogP contribution in [0.2, 0.25) is 19.6 Å². The Morgan fingerprint density at radius 3 is 0.760 bits per heavy atom. The third-order valence-electron chi connectivity index (χ3n) is 7.66. The van der Waals surface area contributed by atoms with Crippen LogP contribution >= 0.6 is 0 Å². The van der Waals surface area contributed by atoms with Gasteiger partial charge in [0.05, 0.1) is 0 Å². The SMILES string of the molecule is CCC/C(C#C/C(CCC)=C(\C#C/C(CCC)=C(\C#C[Si](C)(C)C)CCC)CCC)=C(/C#C/C(CCC)=C(\C#CC(C)(C)O)CCC)CCC. The summed E-state index contributed by atoms with van der Waals surface area (Å²) in [7, 11) is -1.49. The van der Waals surface area contributed by atoms with Crippen molar-refractivity contribution in [3.05, 3.63) is 44.6 Å². The summed E-state index contributed by atoms with van der Waals surface area (Å²) >= 11 is 0. The highest BCUT2D eigenvalue weighted by Crippen LogP contribution is 2.22. The van der Waals surface area contributed by atoms with Crippen LogP contribution in [0.1, 0.15) is 172 Å². The molecule has 1 N–H and O–H groups in total. The quantitative estimate of drug-likeness (QED) is 0.126. The lowest BCUT2D eigenvalue weighted by Gasteiger charge is -2.09. The topological polar surface area (TPSA) is 20.2 Å². The number of hydrogen-bond donors (Lipinski definition) is 1. The second kappa shape index (κ2) is 26.7. The van der Waals surface area contributed by atoms with E-state index in [4.69, 9.17) is 0 Å². The number of aliphatic hydroxyl groups is 1. The van der Waals surface area contributed by atoms with Crippen LogP contribution in [0.4, 0.5) is 0 Å². The zero-order valence-electron chi connectivity index (χ0n) is 34.8. The van der Waals surface area contributed by atoms with Gasteiger partial charge in [0, 0.05) is 44.6 Å². The Labute approximate surface area is 312 Å². The Balaban J connectivity index is 7.65. The van der Waals surface area contributed by atoms with Gasteiger partial charge in [-0.05, 0) is 65.2 Å². The molecule has 50 heavy (non-hydrogen) atoms. The molecule has 0 aliphatic carbocycles. The van der Waals surface area contributed by atoms with Crippen molar-refractivity contribution >= 4 is 8.07 Å². The van der Waals surface area contributed by atoms with Gasteiger partial charge in [-0.3, -0.25) is 0 Å². The molecule has 2 heteroatoms. The average Bonchev–Trinajstić information content (AvgIpc) is 3.04. The highest BCUT2D eigenvalue weighted by Gasteiger charge is 2.11. The number of rotatable bonds is 16. The van der Waals surface area contributed by atoms with Crippen molar-refractivity contribution in [2.24, 2.45) is 0 Å². The predicted molar refractivity (Wildman–Crippen MR) is 226 cm³/mol. The monoisotopic (exact) mass is 693 g/mol. The number of allylic oxidation sites excluding steroid dienone is 8. The predicted octanol–water partition coefficient (Wildman–Crippen LogP) is 13.2. The van der Waals surface area contributed by atoms with Crippen LogP contribution < -0.4 is 0 Å². The van der Waals surface area contributed by atoms with E-state index in [1.165, 1.54) is 22.3 Å². The van der Waals surface area contributed by atoms with Gasteiger partial charge in [0.2, 0.25) is 0 Å². The maximum atomic E-state index is 10.3. The lowest BCUT2D eigenvalue weighted by Crippen LogP contribution is -2.16. The van der Waals surface area contributed by atoms with E-state index < -0.39 is 13.7 Å². The molecule has 1 nitrogen and oxygen atoms in total. The molecule has 0 saturated carbocycles. The van der Waals surface area contributed by atoms with Gasteiger partial charge in [-0.25, -0.2) is 0 Å². The van der Waals surface area contributed by atoms with Crippen molar-refractivity contribution in [1.82, 2.24) is 0 Å². The van der Waals surface area contributed by atoms with Crippen molar-refractivity contribution in [3.63, 3.8) is 0 Å². The summed E-state index contributed by atoms with van der Waals surface area (Å²) in [6.07, 6.45) is 15.6. The zero-order valence-corrected chi connectivity index (χ0v) is 35.8. The van der Waals surface area contributed by atoms with E-state index in [2.05, 4.69) is 134 Å². The molecule has 0 heterocycles. The lowest BCUT2D eigenvalue weighted by molar-refractivity contribution is 0.143. The molecule has 0 bridgehead atoms. The standard InChI is InChI=1S/C48H72OSi/c1-14-22-40(42(24-16-3)32-34-44(26-18-5)46(28-20-7)36-38-48(9,10)49)30-31-41(23-15-2)43(25-17-4)33-35-45(27-19-6)47(29-21-8)37-39-50(11,12)13/h49H,14-29H2,1-13H3/b42-40-,43-41-,46-44-,47-45-. The Kier molecular flexibility index (Phi) is 25.1. The third-order valence-corrected chi connectivity index (χ3v) is 8.53. The minimum absolute atomic E-state index is 0.869. The zero-order chi connectivity index (χ0) is 38.0. The van der Waals surface area contributed by atoms with Crippen LogP contribution in [-0.2, 0) is 0 Å². The molecule has 0 atom stereocenters. The van der Waals surface area contributed by atoms with Gasteiger partial charge >= 0.3 is 0 Å². The van der Waals surface area contributed by atoms with Crippen LogP contribution in [0, 0.1) is 58.8 Å². The van der Waals surface area contributed by atoms with E-state index >= 15 is 0 Å². The second-order valence-electron chi connectivity index (χ2n) is 14.9. The van der Waals surface area contributed by atoms with Crippen molar-refractivity contribution in [3.8, 4) is 58.8 Å². The summed E-state index contributed by atoms with van der Waals surface area (Å²) in [5.74, 6) is 31.8. The molecular weight excluding hydrogens is 621 g/mol. The van der Waals surface area contributed by atoms with E-state index in [0.717, 1.165) is 125 Å². The molecule has 274 valence electrons. The van der Waals surface area contributed by atoms with Gasteiger partial charge in [-0.15, -0.1) is 5.54 Å². The number of hydrogen-bond acceptors (Lipinski definition) is 1. The molecule has 0 fully saturated rings. The maximum absolute atomic E-state index is 10.3. The van der Waals surface area contributed by atoms with E-state index in [0.29, 0.717) is 0 Å². The lowest BCUT2D eigenvalue weighted by atomic mass is 9.95. The van der Waals surface area contributed by atoms with Crippen molar-refractivity contribution in [1.29, 1.82) is 0 Å². The van der Waals surface area contributed by atoms with Gasteiger partial charge in [0.15, 0.2) is 0 Å². The van der Waals surface area contributed by atoms with Crippen molar-refractivity contribution in [2.45, 2.75) is 197 Å². The summed E-state index contributed by atoms with van der Waals surface area (Å²) in [5.41, 5.74) is 11.9. The van der Waals surface area contributed by atoms with Crippen LogP contribution in [0.5, 0.6) is 0 Å². The molecule has 0 unspecified atom stereocenters. The molecule has 0 aliphatic rings. The van der Waals surface area contributed by atoms with E-state index in [-0.39, 0.29) is 0 Å². The van der Waals surface area contributed by atoms with Crippen molar-refractivity contribution < 1.29 is 5.11 Å². The molecule has 0 amide bonds. The molecule has 0 saturated heterocycles. The first-order valence-electron chi connectivity index (χ1n) is 20.0. The first-order valence-corrected chi connectivity index (χ1v) is 23.5. The molecule has 0 rings (SSSR count). The van der Waals surface area contributed by atoms with Crippen LogP contribution in [0.15, 0.2) is 44.6 Å². The van der Waals surface area contributed by atoms with E-state index in [1.54, 1.807) is 13.8 Å². The first-order chi connectivity index (χ1) is 23.7. The van der Waals surface area contributed by atoms with Crippen LogP contribution in [0.25, 0.3) is 0 Å². The van der Waals surface area contributed by atoms with Gasteiger partial charge in [-0.2, -0.15) is 0 Å². The molecule has 0 radical (unpaired) electrons. The average molecular weight is 693 g/mol. The van der Waals surface area contributed by atoms with Gasteiger partial charge in [-0.1, -0.05) is 180 Å². The fourth-order valence-corrected chi connectivity index (χ4v) is 5.78. The smallest absolute Gasteiger partial charge is 0.129 e. The molecule has 0 aromatic heterocycles. The normalized spacial score (nSPS) is 13.2. The molecular formula is C48H72OSi. The van der Waals surface area contributed by atoms with E-state index in [1.807, 2.05) is 0 Å². The molecule has 0 aromatic rings. The summed E-state index contributed by atoms with van der Waals surface area (Å²) in [5, 5.41) is 10.3. The molecule has 0 aliphatic heterocycles. The van der Waals surface area contributed by atoms with Gasteiger partial charge in [0.25, 0.3) is 0 Å². The highest BCUT2D eigenvalue weighted by molar-refractivity contribution is 6.83. The Morgan fingerprint density at radius 1 is 0.380 bits per heavy atom. The fraction of sp³-hybridized carbons (Fsp3) is 0.625. The summed E-state index contributed by atoms with van der Waals surface area (Å²) in [6.45, 7) is 28.2. The van der Waals surface area contributed by atoms with Gasteiger partial charge < -0.3 is 5.11 Å². The maximum Gasteiger partial charge on any atom is 0.129 e. The Hall–Kier alpha value is -3.06. The summed E-state index contributed by atoms with van der Waals surface area (Å²) in [6, 6.07) is 0. The Morgan fingerprint density at radius 2 is 0.580 bits per heavy atom. The summed E-state index contributed by atoms with van der Waals surface area (Å²) in [4.78, 5) is 0. The molecule has 0 spiro atoms. The minimum atomic E-state index is -1.49. The fourth-order valence-electron chi connectivity index (χ4n) is 5.25. The Bertz CT molecular complexity index is 1390. The highest BCUT2D eigenvalue weighted by atomic mass is 28.3. The third kappa shape index (κ3) is 21.2. The summed E-state index contributed by atoms with van der Waals surface area (Å²) < 4.78 is 0. The van der Waals surface area contributed by atoms with Crippen LogP contribution in [-0.4, -0.2) is 18.8 Å². The first kappa shape index (κ1) is 46.9. The van der Waals surface area contributed by atoms with Crippen molar-refractivity contribution in [2.75, 3.05) is 0 Å². The minimum Gasteiger partial charge on any atom is -0.378 e. The van der Waals surface area contributed by atoms with Gasteiger partial charge in [0.1, 0.15) is 13.7 Å². The van der Waals surface area contributed by atoms with E-state index in [9.17, 15) is 5.11 Å². The second-order valence-corrected chi connectivity index (χ2v) is 19.6. The largest absolute Gasteiger partial charge is 0.378 e. The van der Waals surface area contributed by atoms with Crippen LogP contribution in [0.3, 0.4) is 0 Å².